The number of nitrogens with one attached hydrogen (secondary N) is 1. The number of hydrogen-bond donors (Lipinski definition) is 1. The maximum atomic E-state index is 14.1. The third kappa shape index (κ3) is 7.91. The molecule has 0 aromatic heterocycles. The monoisotopic (exact) mass is 623 g/mol. The summed E-state index contributed by atoms with van der Waals surface area (Å²) in [6, 6.07) is 18.1. The van der Waals surface area contributed by atoms with E-state index in [1.165, 1.54) is 35.2 Å². The topological polar surface area (TPSA) is 86.8 Å². The molecule has 3 aromatic rings. The van der Waals surface area contributed by atoms with E-state index in [1.54, 1.807) is 49.4 Å². The molecule has 0 fully saturated rings. The molecule has 1 N–H and O–H groups in total. The quantitative estimate of drug-likeness (QED) is 0.247. The lowest BCUT2D eigenvalue weighted by atomic mass is 10.1. The summed E-state index contributed by atoms with van der Waals surface area (Å²) in [5.41, 5.74) is 0.821. The van der Waals surface area contributed by atoms with E-state index in [1.807, 2.05) is 13.8 Å². The lowest BCUT2D eigenvalue weighted by Crippen LogP contribution is -2.53. The predicted molar refractivity (Wildman–Crippen MR) is 161 cm³/mol. The number of sulfonamides is 1. The number of hydrogen-bond acceptors (Lipinski definition) is 4. The number of nitrogens with zero attached hydrogens (tertiary/aromatic N) is 2. The van der Waals surface area contributed by atoms with Gasteiger partial charge in [0.1, 0.15) is 12.6 Å². The summed E-state index contributed by atoms with van der Waals surface area (Å²) < 4.78 is 28.7. The molecule has 0 aliphatic carbocycles. The second kappa shape index (κ2) is 14.2. The molecule has 40 heavy (non-hydrogen) atoms. The Bertz CT molecular complexity index is 1420. The summed E-state index contributed by atoms with van der Waals surface area (Å²) in [4.78, 5) is 28.8. The summed E-state index contributed by atoms with van der Waals surface area (Å²) >= 11 is 18.6. The van der Waals surface area contributed by atoms with Crippen molar-refractivity contribution in [3.8, 4) is 0 Å². The van der Waals surface area contributed by atoms with Crippen molar-refractivity contribution >= 4 is 62.3 Å². The Morgan fingerprint density at radius 1 is 0.875 bits per heavy atom. The molecule has 7 nitrogen and oxygen atoms in total. The highest BCUT2D eigenvalue weighted by atomic mass is 35.5. The minimum Gasteiger partial charge on any atom is -0.352 e. The average Bonchev–Trinajstić information content (AvgIpc) is 2.93. The van der Waals surface area contributed by atoms with E-state index in [-0.39, 0.29) is 34.1 Å². The highest BCUT2D eigenvalue weighted by Crippen LogP contribution is 2.33. The van der Waals surface area contributed by atoms with Crippen molar-refractivity contribution in [3.63, 3.8) is 0 Å². The van der Waals surface area contributed by atoms with E-state index in [9.17, 15) is 18.0 Å². The van der Waals surface area contributed by atoms with E-state index in [0.29, 0.717) is 22.9 Å². The van der Waals surface area contributed by atoms with Crippen LogP contribution >= 0.6 is 34.8 Å². The van der Waals surface area contributed by atoms with E-state index in [0.717, 1.165) is 9.87 Å². The van der Waals surface area contributed by atoms with Crippen molar-refractivity contribution in [3.05, 3.63) is 93.4 Å². The van der Waals surface area contributed by atoms with Gasteiger partial charge in [-0.3, -0.25) is 13.9 Å². The highest BCUT2D eigenvalue weighted by Gasteiger charge is 2.34. The number of carbonyl (C=O) groups is 2. The number of halogens is 3. The Morgan fingerprint density at radius 3 is 2.08 bits per heavy atom. The number of amides is 2. The van der Waals surface area contributed by atoms with Gasteiger partial charge in [0.25, 0.3) is 10.0 Å². The van der Waals surface area contributed by atoms with Crippen LogP contribution in [-0.4, -0.2) is 43.8 Å². The SMILES string of the molecule is CC[C@@H](C)NC(=O)[C@@H](CC)N(Cc1ccc(Cl)cc1)C(=O)CN(c1ccc(Cl)cc1Cl)S(=O)(=O)c1ccccc1. The summed E-state index contributed by atoms with van der Waals surface area (Å²) in [5, 5.41) is 3.85. The van der Waals surface area contributed by atoms with Crippen LogP contribution in [0.15, 0.2) is 77.7 Å². The second-order valence-electron chi connectivity index (χ2n) is 9.31. The van der Waals surface area contributed by atoms with Crippen molar-refractivity contribution in [2.45, 2.75) is 57.1 Å². The van der Waals surface area contributed by atoms with Crippen molar-refractivity contribution < 1.29 is 18.0 Å². The molecule has 11 heteroatoms. The van der Waals surface area contributed by atoms with Gasteiger partial charge in [-0.15, -0.1) is 0 Å². The van der Waals surface area contributed by atoms with Crippen molar-refractivity contribution in [1.82, 2.24) is 10.2 Å². The molecule has 2 amide bonds. The number of anilines is 1. The van der Waals surface area contributed by atoms with Gasteiger partial charge in [-0.25, -0.2) is 8.42 Å². The smallest absolute Gasteiger partial charge is 0.264 e. The molecule has 0 unspecified atom stereocenters. The first kappa shape index (κ1) is 31.7. The Hall–Kier alpha value is -2.78. The van der Waals surface area contributed by atoms with E-state index in [4.69, 9.17) is 34.8 Å². The Balaban J connectivity index is 2.07. The minimum atomic E-state index is -4.23. The van der Waals surface area contributed by atoms with E-state index in [2.05, 4.69) is 5.32 Å². The van der Waals surface area contributed by atoms with Crippen LogP contribution in [0.3, 0.4) is 0 Å². The molecule has 214 valence electrons. The fraction of sp³-hybridized carbons (Fsp3) is 0.310. The molecular weight excluding hydrogens is 593 g/mol. The molecule has 3 aromatic carbocycles. The Morgan fingerprint density at radius 2 is 1.50 bits per heavy atom. The molecule has 0 aliphatic heterocycles. The molecular formula is C29H32Cl3N3O4S. The highest BCUT2D eigenvalue weighted by molar-refractivity contribution is 7.92. The predicted octanol–water partition coefficient (Wildman–Crippen LogP) is 6.56. The molecule has 0 spiro atoms. The van der Waals surface area contributed by atoms with Gasteiger partial charge in [0.2, 0.25) is 11.8 Å². The summed E-state index contributed by atoms with van der Waals surface area (Å²) in [7, 11) is -4.23. The summed E-state index contributed by atoms with van der Waals surface area (Å²) in [5.74, 6) is -0.896. The van der Waals surface area contributed by atoms with Crippen molar-refractivity contribution in [2.24, 2.45) is 0 Å². The van der Waals surface area contributed by atoms with Crippen molar-refractivity contribution in [2.75, 3.05) is 10.8 Å². The molecule has 0 aliphatic rings. The van der Waals surface area contributed by atoms with Crippen LogP contribution in [0.2, 0.25) is 15.1 Å². The van der Waals surface area contributed by atoms with Crippen LogP contribution < -0.4 is 9.62 Å². The minimum absolute atomic E-state index is 0.0142. The van der Waals surface area contributed by atoms with Crippen LogP contribution in [0.5, 0.6) is 0 Å². The largest absolute Gasteiger partial charge is 0.352 e. The van der Waals surface area contributed by atoms with Crippen LogP contribution in [-0.2, 0) is 26.2 Å². The van der Waals surface area contributed by atoms with Gasteiger partial charge in [0, 0.05) is 22.6 Å². The van der Waals surface area contributed by atoms with Crippen molar-refractivity contribution in [1.29, 1.82) is 0 Å². The summed E-state index contributed by atoms with van der Waals surface area (Å²) in [6.45, 7) is 5.10. The number of benzene rings is 3. The standard InChI is InChI=1S/C29H32Cl3N3O4S/c1-4-20(3)33-29(37)26(5-2)34(18-21-11-13-22(30)14-12-21)28(36)19-35(27-16-15-23(31)17-25(27)32)40(38,39)24-9-7-6-8-10-24/h6-17,20,26H,4-5,18-19H2,1-3H3,(H,33,37)/t20-,26-/m1/s1. The molecule has 0 saturated carbocycles. The van der Waals surface area contributed by atoms with Gasteiger partial charge in [-0.1, -0.05) is 79.0 Å². The van der Waals surface area contributed by atoms with Gasteiger partial charge < -0.3 is 10.2 Å². The first-order valence-electron chi connectivity index (χ1n) is 12.8. The maximum absolute atomic E-state index is 14.1. The maximum Gasteiger partial charge on any atom is 0.264 e. The van der Waals surface area contributed by atoms with E-state index < -0.39 is 28.5 Å². The molecule has 3 rings (SSSR count). The Labute approximate surface area is 251 Å². The molecule has 0 saturated heterocycles. The van der Waals surface area contributed by atoms with E-state index >= 15 is 0 Å². The molecule has 0 heterocycles. The van der Waals surface area contributed by atoms with Gasteiger partial charge >= 0.3 is 0 Å². The molecule has 0 bridgehead atoms. The van der Waals surface area contributed by atoms with Crippen LogP contribution in [0.4, 0.5) is 5.69 Å². The molecule has 2 atom stereocenters. The van der Waals surface area contributed by atoms with Gasteiger partial charge in [-0.2, -0.15) is 0 Å². The van der Waals surface area contributed by atoms with Gasteiger partial charge in [0.05, 0.1) is 15.6 Å². The number of rotatable bonds is 12. The zero-order chi connectivity index (χ0) is 29.4. The zero-order valence-corrected chi connectivity index (χ0v) is 25.6. The fourth-order valence-electron chi connectivity index (χ4n) is 4.06. The van der Waals surface area contributed by atoms with Gasteiger partial charge in [0.15, 0.2) is 0 Å². The van der Waals surface area contributed by atoms with Crippen LogP contribution in [0, 0.1) is 0 Å². The normalized spacial score (nSPS) is 12.8. The fourth-order valence-corrected chi connectivity index (χ4v) is 6.20. The third-order valence-electron chi connectivity index (χ3n) is 6.44. The molecule has 0 radical (unpaired) electrons. The Kier molecular flexibility index (Phi) is 11.3. The lowest BCUT2D eigenvalue weighted by molar-refractivity contribution is -0.140. The third-order valence-corrected chi connectivity index (χ3v) is 9.01. The average molecular weight is 625 g/mol. The second-order valence-corrected chi connectivity index (χ2v) is 12.5. The zero-order valence-electron chi connectivity index (χ0n) is 22.5. The first-order valence-corrected chi connectivity index (χ1v) is 15.4. The first-order chi connectivity index (χ1) is 19.0. The summed E-state index contributed by atoms with van der Waals surface area (Å²) in [6.07, 6.45) is 1.03. The lowest BCUT2D eigenvalue weighted by Gasteiger charge is -2.34. The van der Waals surface area contributed by atoms with Crippen LogP contribution in [0.25, 0.3) is 0 Å². The van der Waals surface area contributed by atoms with Gasteiger partial charge in [-0.05, 0) is 67.8 Å². The van der Waals surface area contributed by atoms with Crippen LogP contribution in [0.1, 0.15) is 39.2 Å². The number of carbonyl (C=O) groups excluding carboxylic acids is 2.